The molecule has 0 N–H and O–H groups in total. The zero-order valence-electron chi connectivity index (χ0n) is 11.5. The van der Waals surface area contributed by atoms with E-state index in [0.717, 1.165) is 36.4 Å². The SMILES string of the molecule is CCc1cc(CC)n(CC(=O)c2ccc(F)c(F)c2)n1. The Bertz CT molecular complexity index is 635. The molecular formula is C15H16F2N2O. The van der Waals surface area contributed by atoms with Crippen molar-refractivity contribution in [2.45, 2.75) is 33.2 Å². The van der Waals surface area contributed by atoms with E-state index in [2.05, 4.69) is 5.10 Å². The minimum Gasteiger partial charge on any atom is -0.292 e. The van der Waals surface area contributed by atoms with Crippen molar-refractivity contribution in [3.05, 3.63) is 52.9 Å². The largest absolute Gasteiger partial charge is 0.292 e. The Hall–Kier alpha value is -2.04. The Labute approximate surface area is 116 Å². The van der Waals surface area contributed by atoms with E-state index in [1.165, 1.54) is 6.07 Å². The van der Waals surface area contributed by atoms with Gasteiger partial charge in [0.2, 0.25) is 0 Å². The number of carbonyl (C=O) groups excluding carboxylic acids is 1. The molecule has 0 fully saturated rings. The second-order valence-corrected chi connectivity index (χ2v) is 4.54. The van der Waals surface area contributed by atoms with Crippen LogP contribution < -0.4 is 0 Å². The van der Waals surface area contributed by atoms with Crippen molar-refractivity contribution in [3.8, 4) is 0 Å². The fourth-order valence-corrected chi connectivity index (χ4v) is 2.01. The highest BCUT2D eigenvalue weighted by Crippen LogP contribution is 2.12. The summed E-state index contributed by atoms with van der Waals surface area (Å²) in [6.07, 6.45) is 1.55. The van der Waals surface area contributed by atoms with Gasteiger partial charge in [0, 0.05) is 11.3 Å². The first-order valence-corrected chi connectivity index (χ1v) is 6.59. The summed E-state index contributed by atoms with van der Waals surface area (Å²) in [5.41, 5.74) is 2.03. The highest BCUT2D eigenvalue weighted by atomic mass is 19.2. The van der Waals surface area contributed by atoms with Crippen LogP contribution in [0.1, 0.15) is 35.6 Å². The summed E-state index contributed by atoms with van der Waals surface area (Å²) >= 11 is 0. The number of Topliss-reactive ketones (excluding diaryl/α,β-unsaturated/α-hetero) is 1. The van der Waals surface area contributed by atoms with Crippen molar-refractivity contribution < 1.29 is 13.6 Å². The minimum absolute atomic E-state index is 0.0360. The number of halogens is 2. The Kier molecular flexibility index (Phi) is 4.27. The molecule has 0 radical (unpaired) electrons. The maximum absolute atomic E-state index is 13.1. The average molecular weight is 278 g/mol. The van der Waals surface area contributed by atoms with Crippen molar-refractivity contribution >= 4 is 5.78 Å². The molecule has 0 saturated heterocycles. The Balaban J connectivity index is 2.22. The molecule has 2 rings (SSSR count). The Morgan fingerprint density at radius 2 is 1.90 bits per heavy atom. The monoisotopic (exact) mass is 278 g/mol. The molecule has 1 aromatic heterocycles. The zero-order valence-corrected chi connectivity index (χ0v) is 11.5. The number of nitrogens with zero attached hydrogens (tertiary/aromatic N) is 2. The number of rotatable bonds is 5. The average Bonchev–Trinajstić information content (AvgIpc) is 2.84. The van der Waals surface area contributed by atoms with Gasteiger partial charge in [-0.2, -0.15) is 5.10 Å². The van der Waals surface area contributed by atoms with Crippen LogP contribution in [0.15, 0.2) is 24.3 Å². The number of hydrogen-bond acceptors (Lipinski definition) is 2. The summed E-state index contributed by atoms with van der Waals surface area (Å²) in [7, 11) is 0. The van der Waals surface area contributed by atoms with E-state index >= 15 is 0 Å². The standard InChI is InChI=1S/C15H16F2N2O/c1-3-11-8-12(4-2)19(18-11)9-15(20)10-5-6-13(16)14(17)7-10/h5-8H,3-4,9H2,1-2H3. The minimum atomic E-state index is -1.01. The summed E-state index contributed by atoms with van der Waals surface area (Å²) in [6, 6.07) is 5.13. The molecule has 0 atom stereocenters. The number of aromatic nitrogens is 2. The fraction of sp³-hybridized carbons (Fsp3) is 0.333. The smallest absolute Gasteiger partial charge is 0.184 e. The number of benzene rings is 1. The molecule has 0 aliphatic rings. The van der Waals surface area contributed by atoms with Crippen molar-refractivity contribution in [2.75, 3.05) is 0 Å². The van der Waals surface area contributed by atoms with Gasteiger partial charge in [0.25, 0.3) is 0 Å². The molecule has 0 aliphatic heterocycles. The van der Waals surface area contributed by atoms with Crippen LogP contribution in [-0.2, 0) is 19.4 Å². The van der Waals surface area contributed by atoms with Crippen molar-refractivity contribution in [1.82, 2.24) is 9.78 Å². The van der Waals surface area contributed by atoms with Gasteiger partial charge in [0.05, 0.1) is 5.69 Å². The lowest BCUT2D eigenvalue weighted by Gasteiger charge is -2.05. The van der Waals surface area contributed by atoms with E-state index < -0.39 is 11.6 Å². The molecule has 0 amide bonds. The lowest BCUT2D eigenvalue weighted by molar-refractivity contribution is 0.0966. The summed E-state index contributed by atoms with van der Waals surface area (Å²) < 4.78 is 27.6. The van der Waals surface area contributed by atoms with Gasteiger partial charge in [0.15, 0.2) is 17.4 Å². The van der Waals surface area contributed by atoms with Crippen LogP contribution in [0.2, 0.25) is 0 Å². The lowest BCUT2D eigenvalue weighted by Crippen LogP contribution is -2.14. The molecule has 1 heterocycles. The highest BCUT2D eigenvalue weighted by Gasteiger charge is 2.13. The van der Waals surface area contributed by atoms with Crippen molar-refractivity contribution in [3.63, 3.8) is 0 Å². The van der Waals surface area contributed by atoms with E-state index in [4.69, 9.17) is 0 Å². The summed E-state index contributed by atoms with van der Waals surface area (Å²) in [6.45, 7) is 4.01. The predicted octanol–water partition coefficient (Wildman–Crippen LogP) is 3.17. The van der Waals surface area contributed by atoms with E-state index in [9.17, 15) is 13.6 Å². The molecular weight excluding hydrogens is 262 g/mol. The van der Waals surface area contributed by atoms with Gasteiger partial charge < -0.3 is 0 Å². The third kappa shape index (κ3) is 2.92. The molecule has 3 nitrogen and oxygen atoms in total. The quantitative estimate of drug-likeness (QED) is 0.787. The first kappa shape index (κ1) is 14.4. The highest BCUT2D eigenvalue weighted by molar-refractivity contribution is 5.95. The molecule has 1 aromatic carbocycles. The van der Waals surface area contributed by atoms with Gasteiger partial charge in [0.1, 0.15) is 6.54 Å². The molecule has 2 aromatic rings. The van der Waals surface area contributed by atoms with Gasteiger partial charge in [-0.05, 0) is 37.1 Å². The van der Waals surface area contributed by atoms with Gasteiger partial charge in [-0.3, -0.25) is 9.48 Å². The van der Waals surface area contributed by atoms with E-state index in [1.54, 1.807) is 4.68 Å². The summed E-state index contributed by atoms with van der Waals surface area (Å²) in [4.78, 5) is 12.1. The molecule has 106 valence electrons. The first-order valence-electron chi connectivity index (χ1n) is 6.59. The van der Waals surface area contributed by atoms with Crippen LogP contribution in [0, 0.1) is 11.6 Å². The van der Waals surface area contributed by atoms with Gasteiger partial charge in [-0.25, -0.2) is 8.78 Å². The molecule has 5 heteroatoms. The topological polar surface area (TPSA) is 34.9 Å². The molecule has 20 heavy (non-hydrogen) atoms. The fourth-order valence-electron chi connectivity index (χ4n) is 2.01. The van der Waals surface area contributed by atoms with Crippen LogP contribution in [0.3, 0.4) is 0 Å². The van der Waals surface area contributed by atoms with Gasteiger partial charge >= 0.3 is 0 Å². The van der Waals surface area contributed by atoms with E-state index in [0.29, 0.717) is 0 Å². The van der Waals surface area contributed by atoms with E-state index in [1.807, 2.05) is 19.9 Å². The molecule has 0 saturated carbocycles. The third-order valence-corrected chi connectivity index (χ3v) is 3.17. The maximum atomic E-state index is 13.1. The molecule has 0 unspecified atom stereocenters. The molecule has 0 bridgehead atoms. The number of aryl methyl sites for hydroxylation is 2. The first-order chi connectivity index (χ1) is 9.55. The van der Waals surface area contributed by atoms with Crippen LogP contribution in [0.25, 0.3) is 0 Å². The Morgan fingerprint density at radius 1 is 1.15 bits per heavy atom. The van der Waals surface area contributed by atoms with Crippen molar-refractivity contribution in [1.29, 1.82) is 0 Å². The molecule has 0 aliphatic carbocycles. The third-order valence-electron chi connectivity index (χ3n) is 3.17. The maximum Gasteiger partial charge on any atom is 0.184 e. The number of hydrogen-bond donors (Lipinski definition) is 0. The van der Waals surface area contributed by atoms with Crippen LogP contribution in [0.4, 0.5) is 8.78 Å². The number of carbonyl (C=O) groups is 1. The molecule has 0 spiro atoms. The Morgan fingerprint density at radius 3 is 2.50 bits per heavy atom. The van der Waals surface area contributed by atoms with Crippen LogP contribution in [0.5, 0.6) is 0 Å². The van der Waals surface area contributed by atoms with Gasteiger partial charge in [-0.15, -0.1) is 0 Å². The second-order valence-electron chi connectivity index (χ2n) is 4.54. The second kappa shape index (κ2) is 5.94. The van der Waals surface area contributed by atoms with Crippen molar-refractivity contribution in [2.24, 2.45) is 0 Å². The van der Waals surface area contributed by atoms with Crippen LogP contribution in [-0.4, -0.2) is 15.6 Å². The predicted molar refractivity (Wildman–Crippen MR) is 71.7 cm³/mol. The number of ketones is 1. The summed E-state index contributed by atoms with van der Waals surface area (Å²) in [5.74, 6) is -2.26. The summed E-state index contributed by atoms with van der Waals surface area (Å²) in [5, 5.41) is 4.33. The lowest BCUT2D eigenvalue weighted by atomic mass is 10.1. The van der Waals surface area contributed by atoms with Gasteiger partial charge in [-0.1, -0.05) is 13.8 Å². The van der Waals surface area contributed by atoms with E-state index in [-0.39, 0.29) is 17.9 Å². The zero-order chi connectivity index (χ0) is 14.7. The van der Waals surface area contributed by atoms with Crippen LogP contribution >= 0.6 is 0 Å². The normalized spacial score (nSPS) is 10.8.